The number of hydrogen-bond donors (Lipinski definition) is 3. The molecule has 1 unspecified atom stereocenters. The topological polar surface area (TPSA) is 150 Å². The van der Waals surface area contributed by atoms with Crippen LogP contribution in [-0.4, -0.2) is 44.8 Å². The average molecular weight is 603 g/mol. The lowest BCUT2D eigenvalue weighted by molar-refractivity contribution is -0.213. The fourth-order valence-electron chi connectivity index (χ4n) is 4.22. The second kappa shape index (κ2) is 11.6. The number of aromatic nitrogens is 1. The average Bonchev–Trinajstić information content (AvgIpc) is 2.94. The second-order valence-electron chi connectivity index (χ2n) is 9.12. The number of amides is 1. The van der Waals surface area contributed by atoms with Crippen LogP contribution in [0, 0.1) is 0 Å². The Balaban J connectivity index is 1.87. The minimum Gasteiger partial charge on any atom is -0.497 e. The van der Waals surface area contributed by atoms with Crippen LogP contribution in [0.2, 0.25) is 0 Å². The maximum absolute atomic E-state index is 13.9. The molecule has 42 heavy (non-hydrogen) atoms. The number of ether oxygens (including phenoxy) is 2. The van der Waals surface area contributed by atoms with Gasteiger partial charge in [0.1, 0.15) is 11.6 Å². The zero-order chi connectivity index (χ0) is 30.7. The molecule has 4 N–H and O–H groups in total. The highest BCUT2D eigenvalue weighted by atomic mass is 32.2. The highest BCUT2D eigenvalue weighted by Gasteiger charge is 2.52. The van der Waals surface area contributed by atoms with Gasteiger partial charge >= 0.3 is 12.1 Å². The Bertz CT molecular complexity index is 1760. The van der Waals surface area contributed by atoms with E-state index in [1.165, 1.54) is 80.0 Å². The van der Waals surface area contributed by atoms with Crippen LogP contribution in [0.4, 0.5) is 24.7 Å². The fraction of sp³-hybridized carbons (Fsp3) is 0.179. The van der Waals surface area contributed by atoms with E-state index in [9.17, 15) is 31.2 Å². The van der Waals surface area contributed by atoms with Gasteiger partial charge in [-0.2, -0.15) is 13.2 Å². The SMILES string of the molecule is COc1cccc(C(Nc2ccc3c(N)nccc3c2)(OC(=O)C(F)(F)F)C(=O)NCc2ccccc2S(C)(=O)=O)c1. The van der Waals surface area contributed by atoms with Gasteiger partial charge in [0, 0.05) is 35.6 Å². The van der Waals surface area contributed by atoms with Crippen molar-refractivity contribution in [2.45, 2.75) is 23.3 Å². The molecule has 0 spiro atoms. The number of anilines is 2. The first-order chi connectivity index (χ1) is 19.7. The molecule has 0 aliphatic rings. The maximum Gasteiger partial charge on any atom is 0.491 e. The third-order valence-electron chi connectivity index (χ3n) is 6.20. The number of rotatable bonds is 9. The molecular weight excluding hydrogens is 577 g/mol. The van der Waals surface area contributed by atoms with E-state index in [2.05, 4.69) is 15.6 Å². The Morgan fingerprint density at radius 3 is 2.43 bits per heavy atom. The number of nitrogens with zero attached hydrogens (tertiary/aromatic N) is 1. The molecule has 0 bridgehead atoms. The number of sulfone groups is 1. The Morgan fingerprint density at radius 1 is 1.00 bits per heavy atom. The fourth-order valence-corrected chi connectivity index (χ4v) is 5.17. The van der Waals surface area contributed by atoms with Gasteiger partial charge in [0.2, 0.25) is 0 Å². The van der Waals surface area contributed by atoms with Gasteiger partial charge in [-0.25, -0.2) is 18.2 Å². The lowest BCUT2D eigenvalue weighted by Crippen LogP contribution is -2.54. The first-order valence-electron chi connectivity index (χ1n) is 12.2. The summed E-state index contributed by atoms with van der Waals surface area (Å²) in [5.74, 6) is -3.54. The van der Waals surface area contributed by atoms with Crippen molar-refractivity contribution >= 4 is 44.0 Å². The molecule has 0 saturated heterocycles. The van der Waals surface area contributed by atoms with Crippen molar-refractivity contribution in [2.75, 3.05) is 24.4 Å². The standard InChI is InChI=1S/C28H25F3N4O6S/c1-40-21-8-5-7-19(15-21)27(41-26(37)28(29,30)31,35-20-10-11-22-17(14-20)12-13-33-24(22)32)25(36)34-16-18-6-3-4-9-23(18)42(2,38)39/h3-15,35H,16H2,1-2H3,(H2,32,33)(H,34,36). The van der Waals surface area contributed by atoms with Crippen molar-refractivity contribution < 1.29 is 40.7 Å². The van der Waals surface area contributed by atoms with E-state index >= 15 is 0 Å². The van der Waals surface area contributed by atoms with E-state index in [1.54, 1.807) is 6.07 Å². The van der Waals surface area contributed by atoms with Crippen LogP contribution in [0.5, 0.6) is 5.75 Å². The molecule has 0 radical (unpaired) electrons. The van der Waals surface area contributed by atoms with Gasteiger partial charge in [0.15, 0.2) is 9.84 Å². The molecule has 3 aromatic carbocycles. The van der Waals surface area contributed by atoms with Crippen LogP contribution < -0.4 is 21.1 Å². The largest absolute Gasteiger partial charge is 0.497 e. The number of nitrogens with two attached hydrogens (primary N) is 1. The number of fused-ring (bicyclic) bond motifs is 1. The lowest BCUT2D eigenvalue weighted by Gasteiger charge is -2.34. The highest BCUT2D eigenvalue weighted by molar-refractivity contribution is 7.90. The summed E-state index contributed by atoms with van der Waals surface area (Å²) in [6.45, 7) is -0.432. The number of carbonyl (C=O) groups is 2. The quantitative estimate of drug-likeness (QED) is 0.191. The number of carbonyl (C=O) groups excluding carboxylic acids is 2. The van der Waals surface area contributed by atoms with E-state index in [1.807, 2.05) is 0 Å². The zero-order valence-corrected chi connectivity index (χ0v) is 23.0. The number of nitrogen functional groups attached to an aromatic ring is 1. The summed E-state index contributed by atoms with van der Waals surface area (Å²) in [6, 6.07) is 17.2. The number of methoxy groups -OCH3 is 1. The van der Waals surface area contributed by atoms with Gasteiger partial charge < -0.3 is 25.8 Å². The molecule has 0 aliphatic carbocycles. The maximum atomic E-state index is 13.9. The number of alkyl halides is 3. The minimum atomic E-state index is -5.47. The first-order valence-corrected chi connectivity index (χ1v) is 14.1. The Labute approximate surface area is 238 Å². The third-order valence-corrected chi connectivity index (χ3v) is 7.40. The lowest BCUT2D eigenvalue weighted by atomic mass is 9.99. The zero-order valence-electron chi connectivity index (χ0n) is 22.2. The molecule has 0 fully saturated rings. The summed E-state index contributed by atoms with van der Waals surface area (Å²) in [7, 11) is -2.42. The second-order valence-corrected chi connectivity index (χ2v) is 11.1. The van der Waals surface area contributed by atoms with E-state index in [0.717, 1.165) is 6.26 Å². The van der Waals surface area contributed by atoms with Crippen LogP contribution in [0.25, 0.3) is 10.8 Å². The van der Waals surface area contributed by atoms with Crippen LogP contribution in [0.1, 0.15) is 11.1 Å². The Morgan fingerprint density at radius 2 is 1.74 bits per heavy atom. The molecule has 1 heterocycles. The Hall–Kier alpha value is -4.85. The molecule has 10 nitrogen and oxygen atoms in total. The van der Waals surface area contributed by atoms with Gasteiger partial charge in [-0.1, -0.05) is 30.3 Å². The molecule has 1 amide bonds. The molecule has 1 atom stereocenters. The number of halogens is 3. The first kappa shape index (κ1) is 30.1. The molecule has 0 aliphatic heterocycles. The molecule has 1 aromatic heterocycles. The predicted molar refractivity (Wildman–Crippen MR) is 148 cm³/mol. The van der Waals surface area contributed by atoms with Crippen molar-refractivity contribution in [3.63, 3.8) is 0 Å². The molecule has 220 valence electrons. The minimum absolute atomic E-state index is 0.0811. The molecule has 0 saturated carbocycles. The van der Waals surface area contributed by atoms with Gasteiger partial charge in [-0.15, -0.1) is 0 Å². The number of pyridine rings is 1. The van der Waals surface area contributed by atoms with E-state index in [-0.39, 0.29) is 33.3 Å². The number of nitrogens with one attached hydrogen (secondary N) is 2. The van der Waals surface area contributed by atoms with Crippen molar-refractivity contribution in [1.82, 2.24) is 10.3 Å². The van der Waals surface area contributed by atoms with Crippen molar-refractivity contribution in [3.05, 3.63) is 90.1 Å². The highest BCUT2D eigenvalue weighted by Crippen LogP contribution is 2.35. The number of esters is 1. The molecule has 4 rings (SSSR count). The summed E-state index contributed by atoms with van der Waals surface area (Å²) in [5, 5.41) is 6.15. The molecular formula is C28H25F3N4O6S. The van der Waals surface area contributed by atoms with Gasteiger partial charge in [-0.05, 0) is 53.4 Å². The molecule has 4 aromatic rings. The van der Waals surface area contributed by atoms with E-state index in [4.69, 9.17) is 15.2 Å². The van der Waals surface area contributed by atoms with Crippen molar-refractivity contribution in [2.24, 2.45) is 0 Å². The third kappa shape index (κ3) is 6.38. The van der Waals surface area contributed by atoms with E-state index in [0.29, 0.717) is 10.8 Å². The van der Waals surface area contributed by atoms with Crippen LogP contribution in [0.3, 0.4) is 0 Å². The van der Waals surface area contributed by atoms with Gasteiger partial charge in [-0.3, -0.25) is 4.79 Å². The van der Waals surface area contributed by atoms with Crippen LogP contribution >= 0.6 is 0 Å². The number of benzene rings is 3. The van der Waals surface area contributed by atoms with Crippen LogP contribution in [-0.2, 0) is 36.4 Å². The van der Waals surface area contributed by atoms with Crippen molar-refractivity contribution in [1.29, 1.82) is 0 Å². The van der Waals surface area contributed by atoms with Crippen molar-refractivity contribution in [3.8, 4) is 5.75 Å². The van der Waals surface area contributed by atoms with E-state index < -0.39 is 40.2 Å². The van der Waals surface area contributed by atoms with Crippen LogP contribution in [0.15, 0.2) is 83.9 Å². The smallest absolute Gasteiger partial charge is 0.491 e. The summed E-state index contributed by atoms with van der Waals surface area (Å²) in [4.78, 5) is 30.2. The summed E-state index contributed by atoms with van der Waals surface area (Å²) in [5.41, 5.74) is 3.11. The normalized spacial score (nSPS) is 13.2. The predicted octanol–water partition coefficient (Wildman–Crippen LogP) is 3.92. The van der Waals surface area contributed by atoms with Gasteiger partial charge in [0.25, 0.3) is 11.6 Å². The molecule has 14 heteroatoms. The summed E-state index contributed by atoms with van der Waals surface area (Å²) in [6.07, 6.45) is -3.08. The summed E-state index contributed by atoms with van der Waals surface area (Å²) >= 11 is 0. The number of hydrogen-bond acceptors (Lipinski definition) is 9. The van der Waals surface area contributed by atoms with Gasteiger partial charge in [0.05, 0.1) is 12.0 Å². The Kier molecular flexibility index (Phi) is 8.29. The summed E-state index contributed by atoms with van der Waals surface area (Å²) < 4.78 is 75.5. The monoisotopic (exact) mass is 602 g/mol.